The smallest absolute Gasteiger partial charge is 0.260 e. The second-order valence-corrected chi connectivity index (χ2v) is 3.81. The molecule has 0 fully saturated rings. The van der Waals surface area contributed by atoms with Gasteiger partial charge in [-0.15, -0.1) is 0 Å². The Morgan fingerprint density at radius 1 is 1.47 bits per heavy atom. The zero-order chi connectivity index (χ0) is 14.3. The fraction of sp³-hybridized carbons (Fsp3) is 0.333. The maximum Gasteiger partial charge on any atom is 0.260 e. The van der Waals surface area contributed by atoms with Crippen LogP contribution in [0.1, 0.15) is 5.56 Å². The zero-order valence-corrected chi connectivity index (χ0v) is 10.6. The van der Waals surface area contributed by atoms with E-state index in [1.807, 2.05) is 0 Å². The first-order valence-electron chi connectivity index (χ1n) is 5.64. The largest absolute Gasteiger partial charge is 0.483 e. The van der Waals surface area contributed by atoms with Crippen molar-refractivity contribution < 1.29 is 19.8 Å². The summed E-state index contributed by atoms with van der Waals surface area (Å²) in [5.74, 6) is -0.0151. The van der Waals surface area contributed by atoms with E-state index in [1.54, 1.807) is 31.3 Å². The Bertz CT molecular complexity index is 462. The summed E-state index contributed by atoms with van der Waals surface area (Å²) in [5, 5.41) is 20.3. The number of likely N-dealkylation sites (N-methyl/N-ethyl adjacent to an activating group) is 1. The molecule has 0 heterocycles. The van der Waals surface area contributed by atoms with Gasteiger partial charge < -0.3 is 25.7 Å². The van der Waals surface area contributed by atoms with Gasteiger partial charge in [0.25, 0.3) is 5.91 Å². The summed E-state index contributed by atoms with van der Waals surface area (Å²) in [6, 6.07) is 6.66. The number of benzene rings is 1. The second-order valence-electron chi connectivity index (χ2n) is 3.81. The van der Waals surface area contributed by atoms with Crippen LogP contribution >= 0.6 is 0 Å². The lowest BCUT2D eigenvalue weighted by Crippen LogP contribution is -2.33. The van der Waals surface area contributed by atoms with E-state index in [2.05, 4.69) is 5.16 Å². The summed E-state index contributed by atoms with van der Waals surface area (Å²) >= 11 is 0. The molecule has 0 bridgehead atoms. The Labute approximate surface area is 110 Å². The minimum Gasteiger partial charge on any atom is -0.483 e. The van der Waals surface area contributed by atoms with E-state index in [0.717, 1.165) is 0 Å². The molecule has 0 spiro atoms. The van der Waals surface area contributed by atoms with Crippen LogP contribution in [0, 0.1) is 0 Å². The molecule has 0 aromatic heterocycles. The van der Waals surface area contributed by atoms with Crippen LogP contribution in [0.4, 0.5) is 0 Å². The van der Waals surface area contributed by atoms with Crippen molar-refractivity contribution in [3.05, 3.63) is 29.8 Å². The van der Waals surface area contributed by atoms with E-state index in [9.17, 15) is 4.79 Å². The highest BCUT2D eigenvalue weighted by atomic mass is 16.5. The normalized spacial score (nSPS) is 11.2. The summed E-state index contributed by atoms with van der Waals surface area (Å²) in [6.07, 6.45) is 0. The minimum absolute atomic E-state index is 0.0910. The number of hydrogen-bond donors (Lipinski definition) is 3. The lowest BCUT2D eigenvalue weighted by molar-refractivity contribution is -0.132. The van der Waals surface area contributed by atoms with Crippen molar-refractivity contribution in [3.8, 4) is 5.75 Å². The molecule has 7 heteroatoms. The number of nitrogens with zero attached hydrogens (tertiary/aromatic N) is 2. The number of aliphatic hydroxyl groups excluding tert-OH is 1. The van der Waals surface area contributed by atoms with Crippen LogP contribution in [0.5, 0.6) is 5.75 Å². The second kappa shape index (κ2) is 7.22. The van der Waals surface area contributed by atoms with E-state index < -0.39 is 0 Å². The van der Waals surface area contributed by atoms with Crippen LogP contribution in [-0.4, -0.2) is 53.8 Å². The van der Waals surface area contributed by atoms with Gasteiger partial charge in [0.1, 0.15) is 5.75 Å². The number of hydrogen-bond acceptors (Lipinski definition) is 5. The molecule has 0 unspecified atom stereocenters. The van der Waals surface area contributed by atoms with Crippen molar-refractivity contribution in [2.24, 2.45) is 10.9 Å². The topological polar surface area (TPSA) is 108 Å². The zero-order valence-electron chi connectivity index (χ0n) is 10.6. The van der Waals surface area contributed by atoms with Crippen molar-refractivity contribution in [2.75, 3.05) is 26.8 Å². The molecular weight excluding hydrogens is 250 g/mol. The summed E-state index contributed by atoms with van der Waals surface area (Å²) in [6.45, 7) is -0.0563. The number of oxime groups is 1. The number of para-hydroxylation sites is 1. The molecule has 1 rings (SSSR count). The number of ether oxygens (including phenoxy) is 1. The van der Waals surface area contributed by atoms with Gasteiger partial charge in [-0.2, -0.15) is 0 Å². The maximum atomic E-state index is 11.6. The van der Waals surface area contributed by atoms with Crippen molar-refractivity contribution in [3.63, 3.8) is 0 Å². The molecule has 0 aliphatic heterocycles. The van der Waals surface area contributed by atoms with Gasteiger partial charge in [0.2, 0.25) is 0 Å². The Balaban J connectivity index is 2.71. The Hall–Kier alpha value is -2.28. The molecule has 0 aliphatic rings. The van der Waals surface area contributed by atoms with Gasteiger partial charge in [0, 0.05) is 13.6 Å². The van der Waals surface area contributed by atoms with E-state index >= 15 is 0 Å². The lowest BCUT2D eigenvalue weighted by atomic mass is 10.2. The van der Waals surface area contributed by atoms with Gasteiger partial charge in [0.15, 0.2) is 12.4 Å². The monoisotopic (exact) mass is 267 g/mol. The number of amides is 1. The molecule has 1 amide bonds. The van der Waals surface area contributed by atoms with Crippen molar-refractivity contribution in [2.45, 2.75) is 0 Å². The molecule has 1 aromatic rings. The standard InChI is InChI=1S/C12H17N3O4/c1-15(6-7-16)11(17)8-19-10-5-3-2-4-9(10)12(13)14-18/h2-5,16,18H,6-8H2,1H3,(H2,13,14). The first kappa shape index (κ1) is 14.8. The van der Waals surface area contributed by atoms with Gasteiger partial charge in [-0.25, -0.2) is 0 Å². The first-order chi connectivity index (χ1) is 9.10. The average Bonchev–Trinajstić information content (AvgIpc) is 2.44. The summed E-state index contributed by atoms with van der Waals surface area (Å²) in [7, 11) is 1.57. The van der Waals surface area contributed by atoms with Crippen LogP contribution in [0.15, 0.2) is 29.4 Å². The van der Waals surface area contributed by atoms with Crippen molar-refractivity contribution in [1.29, 1.82) is 0 Å². The van der Waals surface area contributed by atoms with E-state index in [1.165, 1.54) is 4.90 Å². The van der Waals surface area contributed by atoms with Crippen LogP contribution in [0.2, 0.25) is 0 Å². The Morgan fingerprint density at radius 3 is 2.79 bits per heavy atom. The predicted octanol–water partition coefficient (Wildman–Crippen LogP) is -0.389. The third-order valence-electron chi connectivity index (χ3n) is 2.48. The Morgan fingerprint density at radius 2 is 2.16 bits per heavy atom. The van der Waals surface area contributed by atoms with E-state index in [-0.39, 0.29) is 31.5 Å². The van der Waals surface area contributed by atoms with Gasteiger partial charge in [-0.1, -0.05) is 17.3 Å². The summed E-state index contributed by atoms with van der Waals surface area (Å²) in [4.78, 5) is 13.0. The van der Waals surface area contributed by atoms with E-state index in [0.29, 0.717) is 11.3 Å². The number of carbonyl (C=O) groups excluding carboxylic acids is 1. The number of carbonyl (C=O) groups is 1. The predicted molar refractivity (Wildman–Crippen MR) is 69.2 cm³/mol. The van der Waals surface area contributed by atoms with Gasteiger partial charge in [0.05, 0.1) is 12.2 Å². The van der Waals surface area contributed by atoms with Gasteiger partial charge >= 0.3 is 0 Å². The van der Waals surface area contributed by atoms with Gasteiger partial charge in [-0.05, 0) is 12.1 Å². The molecular formula is C12H17N3O4. The molecule has 0 saturated carbocycles. The number of amidine groups is 1. The van der Waals surface area contributed by atoms with Crippen LogP contribution < -0.4 is 10.5 Å². The number of nitrogens with two attached hydrogens (primary N) is 1. The van der Waals surface area contributed by atoms with Crippen LogP contribution in [-0.2, 0) is 4.79 Å². The minimum atomic E-state index is -0.275. The highest BCUT2D eigenvalue weighted by Crippen LogP contribution is 2.17. The molecule has 19 heavy (non-hydrogen) atoms. The Kier molecular flexibility index (Phi) is 5.62. The SMILES string of the molecule is CN(CCO)C(=O)COc1ccccc1/C(N)=N/O. The van der Waals surface area contributed by atoms with Gasteiger partial charge in [-0.3, -0.25) is 4.79 Å². The molecule has 0 radical (unpaired) electrons. The highest BCUT2D eigenvalue weighted by Gasteiger charge is 2.12. The third kappa shape index (κ3) is 4.14. The quantitative estimate of drug-likeness (QED) is 0.281. The maximum absolute atomic E-state index is 11.6. The van der Waals surface area contributed by atoms with E-state index in [4.69, 9.17) is 20.8 Å². The van der Waals surface area contributed by atoms with Crippen molar-refractivity contribution >= 4 is 11.7 Å². The summed E-state index contributed by atoms with van der Waals surface area (Å²) in [5.41, 5.74) is 5.91. The number of rotatable bonds is 6. The fourth-order valence-electron chi connectivity index (χ4n) is 1.38. The molecule has 0 saturated heterocycles. The average molecular weight is 267 g/mol. The molecule has 7 nitrogen and oxygen atoms in total. The lowest BCUT2D eigenvalue weighted by Gasteiger charge is -2.16. The first-order valence-corrected chi connectivity index (χ1v) is 5.64. The highest BCUT2D eigenvalue weighted by molar-refractivity contribution is 5.99. The molecule has 0 aliphatic carbocycles. The number of aliphatic hydroxyl groups is 1. The molecule has 4 N–H and O–H groups in total. The van der Waals surface area contributed by atoms with Crippen LogP contribution in [0.3, 0.4) is 0 Å². The third-order valence-corrected chi connectivity index (χ3v) is 2.48. The summed E-state index contributed by atoms with van der Waals surface area (Å²) < 4.78 is 5.34. The molecule has 104 valence electrons. The molecule has 1 aromatic carbocycles. The molecule has 0 atom stereocenters. The van der Waals surface area contributed by atoms with Crippen molar-refractivity contribution in [1.82, 2.24) is 4.90 Å². The fourth-order valence-corrected chi connectivity index (χ4v) is 1.38. The van der Waals surface area contributed by atoms with Crippen LogP contribution in [0.25, 0.3) is 0 Å².